The van der Waals surface area contributed by atoms with Gasteiger partial charge >= 0.3 is 0 Å². The van der Waals surface area contributed by atoms with E-state index in [-0.39, 0.29) is 18.0 Å². The lowest BCUT2D eigenvalue weighted by atomic mass is 10.1. The highest BCUT2D eigenvalue weighted by molar-refractivity contribution is 5.97. The second-order valence-corrected chi connectivity index (χ2v) is 4.57. The summed E-state index contributed by atoms with van der Waals surface area (Å²) in [6, 6.07) is 12.2. The van der Waals surface area contributed by atoms with E-state index in [1.165, 1.54) is 18.2 Å². The van der Waals surface area contributed by atoms with Crippen molar-refractivity contribution >= 4 is 11.7 Å². The molecule has 2 rings (SSSR count). The Morgan fingerprint density at radius 2 is 1.64 bits per heavy atom. The Labute approximate surface area is 126 Å². The van der Waals surface area contributed by atoms with E-state index < -0.39 is 17.4 Å². The molecule has 0 saturated heterocycles. The van der Waals surface area contributed by atoms with Crippen molar-refractivity contribution in [2.75, 3.05) is 0 Å². The molecule has 0 aliphatic rings. The maximum absolute atomic E-state index is 11.8. The number of aromatic hydroxyl groups is 2. The molecule has 6 heteroatoms. The summed E-state index contributed by atoms with van der Waals surface area (Å²) in [6.07, 6.45) is 0. The number of amides is 1. The number of aliphatic hydroxyl groups is 2. The van der Waals surface area contributed by atoms with Gasteiger partial charge in [0, 0.05) is 12.1 Å². The van der Waals surface area contributed by atoms with Crippen LogP contribution in [0.5, 0.6) is 11.5 Å². The molecule has 0 aliphatic heterocycles. The summed E-state index contributed by atoms with van der Waals surface area (Å²) in [7, 11) is 0. The topological polar surface area (TPSA) is 110 Å². The minimum absolute atomic E-state index is 0.0127. The van der Waals surface area contributed by atoms with Gasteiger partial charge in [0.25, 0.3) is 5.91 Å². The number of nitrogens with one attached hydrogen (secondary N) is 1. The lowest BCUT2D eigenvalue weighted by molar-refractivity contribution is -0.120. The summed E-state index contributed by atoms with van der Waals surface area (Å²) >= 11 is 0. The van der Waals surface area contributed by atoms with E-state index in [4.69, 9.17) is 0 Å². The van der Waals surface area contributed by atoms with Crippen LogP contribution >= 0.6 is 0 Å². The van der Waals surface area contributed by atoms with Crippen LogP contribution in [0, 0.1) is 0 Å². The second-order valence-electron chi connectivity index (χ2n) is 4.57. The van der Waals surface area contributed by atoms with Gasteiger partial charge in [0.05, 0.1) is 0 Å². The van der Waals surface area contributed by atoms with Crippen molar-refractivity contribution in [1.82, 2.24) is 5.32 Å². The number of phenolic OH excluding ortho intramolecular Hbond substituents is 2. The van der Waals surface area contributed by atoms with Crippen molar-refractivity contribution in [3.8, 4) is 11.5 Å². The molecule has 22 heavy (non-hydrogen) atoms. The summed E-state index contributed by atoms with van der Waals surface area (Å²) in [4.78, 5) is 11.8. The van der Waals surface area contributed by atoms with E-state index in [0.29, 0.717) is 11.1 Å². The summed E-state index contributed by atoms with van der Waals surface area (Å²) in [6.45, 7) is 0.0127. The molecule has 6 nitrogen and oxygen atoms in total. The Balaban J connectivity index is 2.07. The average molecular weight is 301 g/mol. The zero-order chi connectivity index (χ0) is 16.1. The fraction of sp³-hybridized carbons (Fsp3) is 0.0625. The molecule has 0 aromatic heterocycles. The van der Waals surface area contributed by atoms with Crippen LogP contribution in [0.2, 0.25) is 0 Å². The van der Waals surface area contributed by atoms with Crippen LogP contribution in [0.15, 0.2) is 54.3 Å². The Morgan fingerprint density at radius 3 is 2.27 bits per heavy atom. The van der Waals surface area contributed by atoms with E-state index in [1.54, 1.807) is 30.3 Å². The molecule has 5 N–H and O–H groups in total. The van der Waals surface area contributed by atoms with Gasteiger partial charge in [-0.25, -0.2) is 0 Å². The van der Waals surface area contributed by atoms with Gasteiger partial charge in [0.1, 0.15) is 0 Å². The summed E-state index contributed by atoms with van der Waals surface area (Å²) in [5, 5.41) is 40.5. The normalized spacial score (nSPS) is 11.6. The van der Waals surface area contributed by atoms with Gasteiger partial charge in [-0.3, -0.25) is 4.79 Å². The molecular weight excluding hydrogens is 286 g/mol. The van der Waals surface area contributed by atoms with Crippen LogP contribution in [-0.4, -0.2) is 26.3 Å². The van der Waals surface area contributed by atoms with Crippen LogP contribution < -0.4 is 5.32 Å². The maximum Gasteiger partial charge on any atom is 0.290 e. The third-order valence-corrected chi connectivity index (χ3v) is 2.98. The van der Waals surface area contributed by atoms with Gasteiger partial charge in [0.2, 0.25) is 5.76 Å². The Bertz CT molecular complexity index is 710. The van der Waals surface area contributed by atoms with Crippen molar-refractivity contribution in [1.29, 1.82) is 0 Å². The minimum Gasteiger partial charge on any atom is -0.504 e. The SMILES string of the molecule is O=C(NCc1ccc(O)c(O)c1)C(O)=C(O)c1ccccc1. The van der Waals surface area contributed by atoms with Crippen molar-refractivity contribution in [2.45, 2.75) is 6.54 Å². The highest BCUT2D eigenvalue weighted by atomic mass is 16.3. The van der Waals surface area contributed by atoms with Gasteiger partial charge in [-0.15, -0.1) is 0 Å². The Hall–Kier alpha value is -3.15. The van der Waals surface area contributed by atoms with Crippen molar-refractivity contribution in [2.24, 2.45) is 0 Å². The second kappa shape index (κ2) is 6.53. The first-order valence-electron chi connectivity index (χ1n) is 6.45. The van der Waals surface area contributed by atoms with Crippen molar-refractivity contribution in [3.05, 3.63) is 65.4 Å². The lowest BCUT2D eigenvalue weighted by Gasteiger charge is -2.08. The van der Waals surface area contributed by atoms with Gasteiger partial charge in [-0.05, 0) is 17.7 Å². The van der Waals surface area contributed by atoms with Gasteiger partial charge in [0.15, 0.2) is 17.3 Å². The van der Waals surface area contributed by atoms with Crippen LogP contribution in [-0.2, 0) is 11.3 Å². The molecule has 0 spiro atoms. The standard InChI is InChI=1S/C16H15NO5/c18-12-7-6-10(8-13(12)19)9-17-16(22)15(21)14(20)11-4-2-1-3-5-11/h1-8,18-21H,9H2,(H,17,22). The smallest absolute Gasteiger partial charge is 0.290 e. The average Bonchev–Trinajstić information content (AvgIpc) is 2.55. The first-order valence-corrected chi connectivity index (χ1v) is 6.45. The summed E-state index contributed by atoms with van der Waals surface area (Å²) in [5.41, 5.74) is 0.841. The van der Waals surface area contributed by atoms with Gasteiger partial charge < -0.3 is 25.7 Å². The van der Waals surface area contributed by atoms with Gasteiger partial charge in [-0.2, -0.15) is 0 Å². The molecule has 0 saturated carbocycles. The first kappa shape index (κ1) is 15.2. The Kier molecular flexibility index (Phi) is 4.53. The monoisotopic (exact) mass is 301 g/mol. The number of carbonyl (C=O) groups excluding carboxylic acids is 1. The number of rotatable bonds is 4. The number of benzene rings is 2. The molecule has 1 amide bonds. The number of carbonyl (C=O) groups is 1. The molecule has 0 unspecified atom stereocenters. The van der Waals surface area contributed by atoms with Crippen LogP contribution in [0.4, 0.5) is 0 Å². The zero-order valence-corrected chi connectivity index (χ0v) is 11.5. The lowest BCUT2D eigenvalue weighted by Crippen LogP contribution is -2.25. The molecular formula is C16H15NO5. The van der Waals surface area contributed by atoms with E-state index in [0.717, 1.165) is 0 Å². The third kappa shape index (κ3) is 3.49. The van der Waals surface area contributed by atoms with Crippen LogP contribution in [0.3, 0.4) is 0 Å². The third-order valence-electron chi connectivity index (χ3n) is 2.98. The van der Waals surface area contributed by atoms with E-state index in [2.05, 4.69) is 5.32 Å². The molecule has 114 valence electrons. The first-order chi connectivity index (χ1) is 10.5. The van der Waals surface area contributed by atoms with E-state index in [1.807, 2.05) is 0 Å². The molecule has 0 heterocycles. The fourth-order valence-electron chi connectivity index (χ4n) is 1.79. The highest BCUT2D eigenvalue weighted by Crippen LogP contribution is 2.24. The fourth-order valence-corrected chi connectivity index (χ4v) is 1.79. The van der Waals surface area contributed by atoms with Crippen molar-refractivity contribution < 1.29 is 25.2 Å². The number of phenols is 2. The number of hydrogen-bond donors (Lipinski definition) is 5. The summed E-state index contributed by atoms with van der Waals surface area (Å²) < 4.78 is 0. The zero-order valence-electron chi connectivity index (χ0n) is 11.5. The molecule has 0 radical (unpaired) electrons. The Morgan fingerprint density at radius 1 is 0.955 bits per heavy atom. The number of hydrogen-bond acceptors (Lipinski definition) is 5. The predicted molar refractivity (Wildman–Crippen MR) is 80.2 cm³/mol. The highest BCUT2D eigenvalue weighted by Gasteiger charge is 2.15. The maximum atomic E-state index is 11.8. The van der Waals surface area contributed by atoms with Crippen molar-refractivity contribution in [3.63, 3.8) is 0 Å². The van der Waals surface area contributed by atoms with E-state index in [9.17, 15) is 25.2 Å². The minimum atomic E-state index is -0.853. The van der Waals surface area contributed by atoms with Crippen LogP contribution in [0.25, 0.3) is 5.76 Å². The van der Waals surface area contributed by atoms with Crippen LogP contribution in [0.1, 0.15) is 11.1 Å². The van der Waals surface area contributed by atoms with E-state index >= 15 is 0 Å². The molecule has 2 aromatic rings. The largest absolute Gasteiger partial charge is 0.504 e. The molecule has 0 aliphatic carbocycles. The summed E-state index contributed by atoms with van der Waals surface area (Å²) in [5.74, 6) is -2.74. The molecule has 2 aromatic carbocycles. The van der Waals surface area contributed by atoms with Gasteiger partial charge in [-0.1, -0.05) is 36.4 Å². The molecule has 0 fully saturated rings. The molecule has 0 bridgehead atoms. The molecule has 0 atom stereocenters. The predicted octanol–water partition coefficient (Wildman–Crippen LogP) is 2.20. The quantitative estimate of drug-likeness (QED) is 0.338. The number of aliphatic hydroxyl groups excluding tert-OH is 2.